The lowest BCUT2D eigenvalue weighted by Crippen LogP contribution is -1.92. The average molecular weight is 325 g/mol. The van der Waals surface area contributed by atoms with Gasteiger partial charge in [-0.05, 0) is 46.2 Å². The number of rotatable bonds is 6. The molecule has 0 atom stereocenters. The second kappa shape index (κ2) is 11.5. The molecule has 15 heavy (non-hydrogen) atoms. The van der Waals surface area contributed by atoms with Gasteiger partial charge in [-0.1, -0.05) is 0 Å². The van der Waals surface area contributed by atoms with E-state index in [9.17, 15) is 9.59 Å². The molecule has 0 rings (SSSR count). The van der Waals surface area contributed by atoms with Crippen LogP contribution in [-0.4, -0.2) is 24.3 Å². The molecule has 88 valence electrons. The summed E-state index contributed by atoms with van der Waals surface area (Å²) in [6.07, 6.45) is 0. The summed E-state index contributed by atoms with van der Waals surface area (Å²) < 4.78 is 9.12. The monoisotopic (exact) mass is 324 g/mol. The minimum atomic E-state index is -0.337. The van der Waals surface area contributed by atoms with E-state index in [0.717, 1.165) is 21.6 Å². The van der Waals surface area contributed by atoms with E-state index in [-0.39, 0.29) is 10.6 Å². The van der Waals surface area contributed by atoms with Gasteiger partial charge in [-0.2, -0.15) is 0 Å². The van der Waals surface area contributed by atoms with E-state index in [0.29, 0.717) is 6.61 Å². The highest BCUT2D eigenvalue weighted by molar-refractivity contribution is 9.43. The molecule has 0 N–H and O–H groups in total. The zero-order chi connectivity index (χ0) is 11.5. The largest absolute Gasteiger partial charge is 0.460 e. The molecule has 0 saturated carbocycles. The second-order valence-electron chi connectivity index (χ2n) is 1.58. The summed E-state index contributed by atoms with van der Waals surface area (Å²) in [4.78, 5) is 21.5. The predicted octanol–water partition coefficient (Wildman–Crippen LogP) is 4.88. The molecule has 0 aliphatic rings. The lowest BCUT2D eigenvalue weighted by atomic mass is 10.9. The van der Waals surface area contributed by atoms with Crippen molar-refractivity contribution in [1.82, 2.24) is 0 Å². The smallest absolute Gasteiger partial charge is 0.378 e. The van der Waals surface area contributed by atoms with Crippen molar-refractivity contribution in [3.8, 4) is 0 Å². The van der Waals surface area contributed by atoms with Crippen molar-refractivity contribution in [2.45, 2.75) is 6.92 Å². The molecule has 0 amide bonds. The van der Waals surface area contributed by atoms with Crippen molar-refractivity contribution in [2.24, 2.45) is 0 Å². The van der Waals surface area contributed by atoms with Crippen LogP contribution >= 0.6 is 60.9 Å². The van der Waals surface area contributed by atoms with Crippen LogP contribution in [0.3, 0.4) is 0 Å². The highest BCUT2D eigenvalue weighted by Crippen LogP contribution is 2.52. The zero-order valence-corrected chi connectivity index (χ0v) is 12.7. The van der Waals surface area contributed by atoms with E-state index in [1.54, 1.807) is 6.92 Å². The molecule has 0 radical (unpaired) electrons. The Morgan fingerprint density at radius 2 is 1.53 bits per heavy atom. The molecule has 0 spiro atoms. The van der Waals surface area contributed by atoms with Gasteiger partial charge in [-0.25, -0.2) is 9.59 Å². The van der Waals surface area contributed by atoms with Crippen LogP contribution in [0, 0.1) is 0 Å². The van der Waals surface area contributed by atoms with Crippen molar-refractivity contribution < 1.29 is 19.1 Å². The van der Waals surface area contributed by atoms with Crippen molar-refractivity contribution in [3.63, 3.8) is 0 Å². The Hall–Kier alpha value is 1.04. The van der Waals surface area contributed by atoms with Crippen molar-refractivity contribution in [3.05, 3.63) is 0 Å². The van der Waals surface area contributed by atoms with Gasteiger partial charge in [0.15, 0.2) is 0 Å². The molecule has 0 heterocycles. The standard InChI is InChI=1S/C5H8O4S6/c1-3-9-5(7)11-13-15-14-12-10-4(6)8-2/h3H2,1-2H3. The van der Waals surface area contributed by atoms with Gasteiger partial charge in [0.1, 0.15) is 0 Å². The second-order valence-corrected chi connectivity index (χ2v) is 10.7. The van der Waals surface area contributed by atoms with Crippen LogP contribution in [0.4, 0.5) is 9.59 Å². The Balaban J connectivity index is 3.18. The molecule has 4 nitrogen and oxygen atoms in total. The maximum atomic E-state index is 10.8. The van der Waals surface area contributed by atoms with Crippen LogP contribution in [0.2, 0.25) is 0 Å². The first-order valence-electron chi connectivity index (χ1n) is 3.46. The SMILES string of the molecule is CCOC(=O)SSSSSSC(=O)OC. The van der Waals surface area contributed by atoms with E-state index in [2.05, 4.69) is 4.74 Å². The predicted molar refractivity (Wildman–Crippen MR) is 75.0 cm³/mol. The van der Waals surface area contributed by atoms with E-state index in [1.165, 1.54) is 46.4 Å². The fourth-order valence-corrected chi connectivity index (χ4v) is 10.0. The molecule has 0 aromatic heterocycles. The summed E-state index contributed by atoms with van der Waals surface area (Å²) in [5.41, 5.74) is 0. The van der Waals surface area contributed by atoms with Gasteiger partial charge in [0.25, 0.3) is 0 Å². The molecule has 0 saturated heterocycles. The molecule has 0 fully saturated rings. The number of carbonyl (C=O) groups excluding carboxylic acids is 2. The Morgan fingerprint density at radius 1 is 1.00 bits per heavy atom. The number of ether oxygens (including phenoxy) is 2. The number of methoxy groups -OCH3 is 1. The molecule has 0 aliphatic heterocycles. The summed E-state index contributed by atoms with van der Waals surface area (Å²) in [7, 11) is 8.72. The van der Waals surface area contributed by atoms with E-state index in [1.807, 2.05) is 0 Å². The fraction of sp³-hybridized carbons (Fsp3) is 0.600. The van der Waals surface area contributed by atoms with Crippen LogP contribution in [-0.2, 0) is 9.47 Å². The van der Waals surface area contributed by atoms with Gasteiger partial charge in [0, 0.05) is 21.6 Å². The zero-order valence-electron chi connectivity index (χ0n) is 7.79. The number of hydrogen-bond donors (Lipinski definition) is 0. The minimum absolute atomic E-state index is 0.304. The first-order valence-corrected chi connectivity index (χ1v) is 10.9. The van der Waals surface area contributed by atoms with E-state index >= 15 is 0 Å². The molecular formula is C5H8O4S6. The molecular weight excluding hydrogens is 316 g/mol. The van der Waals surface area contributed by atoms with Crippen LogP contribution in [0.5, 0.6) is 0 Å². The lowest BCUT2D eigenvalue weighted by Gasteiger charge is -1.98. The molecule has 10 heteroatoms. The maximum Gasteiger partial charge on any atom is 0.378 e. The highest BCUT2D eigenvalue weighted by Gasteiger charge is 2.05. The molecule has 0 aliphatic carbocycles. The summed E-state index contributed by atoms with van der Waals surface area (Å²) in [6.45, 7) is 2.14. The van der Waals surface area contributed by atoms with Gasteiger partial charge >= 0.3 is 10.6 Å². The number of carbonyl (C=O) groups is 2. The Labute approximate surface area is 110 Å². The highest BCUT2D eigenvalue weighted by atomic mass is 33.9. The van der Waals surface area contributed by atoms with E-state index in [4.69, 9.17) is 4.74 Å². The van der Waals surface area contributed by atoms with Gasteiger partial charge in [-0.3, -0.25) is 0 Å². The van der Waals surface area contributed by atoms with Crippen molar-refractivity contribution in [2.75, 3.05) is 13.7 Å². The molecule has 0 aromatic carbocycles. The van der Waals surface area contributed by atoms with Crippen LogP contribution < -0.4 is 0 Å². The number of hydrogen-bond acceptors (Lipinski definition) is 10. The van der Waals surface area contributed by atoms with Gasteiger partial charge < -0.3 is 9.47 Å². The van der Waals surface area contributed by atoms with Crippen LogP contribution in [0.1, 0.15) is 6.92 Å². The lowest BCUT2D eigenvalue weighted by molar-refractivity contribution is 0.182. The van der Waals surface area contributed by atoms with Gasteiger partial charge in [0.2, 0.25) is 0 Å². The Morgan fingerprint density at radius 3 is 2.00 bits per heavy atom. The third kappa shape index (κ3) is 11.3. The third-order valence-electron chi connectivity index (χ3n) is 0.716. The summed E-state index contributed by atoms with van der Waals surface area (Å²) in [5.74, 6) is 0. The molecule has 0 aromatic rings. The normalized spacial score (nSPS) is 9.73. The fourth-order valence-electron chi connectivity index (χ4n) is 0.282. The van der Waals surface area contributed by atoms with Crippen molar-refractivity contribution in [1.29, 1.82) is 0 Å². The van der Waals surface area contributed by atoms with Crippen molar-refractivity contribution >= 4 is 71.5 Å². The molecule has 0 bridgehead atoms. The maximum absolute atomic E-state index is 10.8. The average Bonchev–Trinajstić information content (AvgIpc) is 2.23. The first kappa shape index (κ1) is 16.0. The summed E-state index contributed by atoms with van der Waals surface area (Å²) >= 11 is 0. The van der Waals surface area contributed by atoms with Gasteiger partial charge in [0.05, 0.1) is 13.7 Å². The molecule has 0 unspecified atom stereocenters. The first-order chi connectivity index (χ1) is 7.20. The summed E-state index contributed by atoms with van der Waals surface area (Å²) in [6, 6.07) is 0. The summed E-state index contributed by atoms with van der Waals surface area (Å²) in [5, 5.41) is -0.641. The third-order valence-corrected chi connectivity index (χ3v) is 10.5. The van der Waals surface area contributed by atoms with Crippen LogP contribution in [0.25, 0.3) is 0 Å². The van der Waals surface area contributed by atoms with Crippen LogP contribution in [0.15, 0.2) is 0 Å². The van der Waals surface area contributed by atoms with Gasteiger partial charge in [-0.15, -0.1) is 0 Å². The Bertz CT molecular complexity index is 200. The Kier molecular flexibility index (Phi) is 12.3. The quantitative estimate of drug-likeness (QED) is 0.383. The topological polar surface area (TPSA) is 52.6 Å². The van der Waals surface area contributed by atoms with E-state index < -0.39 is 0 Å². The minimum Gasteiger partial charge on any atom is -0.460 e.